The van der Waals surface area contributed by atoms with Gasteiger partial charge in [-0.05, 0) is 57.7 Å². The second kappa shape index (κ2) is 8.64. The van der Waals surface area contributed by atoms with Crippen molar-refractivity contribution in [3.8, 4) is 17.1 Å². The van der Waals surface area contributed by atoms with Gasteiger partial charge in [-0.15, -0.1) is 5.10 Å². The van der Waals surface area contributed by atoms with Gasteiger partial charge in [0.25, 0.3) is 5.56 Å². The molecule has 0 atom stereocenters. The largest absolute Gasteiger partial charge is 0.493 e. The normalized spacial score (nSPS) is 14.8. The van der Waals surface area contributed by atoms with Crippen LogP contribution in [0.3, 0.4) is 0 Å². The number of fused-ring (bicyclic) bond motifs is 1. The molecule has 2 aromatic heterocycles. The van der Waals surface area contributed by atoms with Crippen LogP contribution in [-0.4, -0.2) is 44.8 Å². The Morgan fingerprint density at radius 1 is 1.31 bits per heavy atom. The highest BCUT2D eigenvalue weighted by Gasteiger charge is 2.45. The molecule has 1 aliphatic carbocycles. The predicted molar refractivity (Wildman–Crippen MR) is 121 cm³/mol. The molecule has 0 amide bonds. The summed E-state index contributed by atoms with van der Waals surface area (Å²) in [6, 6.07) is 5.53. The van der Waals surface area contributed by atoms with E-state index in [4.69, 9.17) is 14.6 Å². The van der Waals surface area contributed by atoms with Gasteiger partial charge in [-0.3, -0.25) is 4.79 Å². The highest BCUT2D eigenvalue weighted by atomic mass is 16.5. The average molecular weight is 440 g/mol. The number of ether oxygens (including phenoxy) is 2. The Morgan fingerprint density at radius 2 is 2.09 bits per heavy atom. The van der Waals surface area contributed by atoms with Crippen LogP contribution in [0.1, 0.15) is 51.0 Å². The summed E-state index contributed by atoms with van der Waals surface area (Å²) in [5.41, 5.74) is 1.48. The van der Waals surface area contributed by atoms with Crippen molar-refractivity contribution in [1.82, 2.24) is 19.6 Å². The molecule has 0 spiro atoms. The van der Waals surface area contributed by atoms with Crippen LogP contribution in [0.15, 0.2) is 23.0 Å². The van der Waals surface area contributed by atoms with Crippen LogP contribution < -0.4 is 15.6 Å². The van der Waals surface area contributed by atoms with E-state index in [-0.39, 0.29) is 11.5 Å². The summed E-state index contributed by atoms with van der Waals surface area (Å²) in [5.74, 6) is 1.45. The fourth-order valence-corrected chi connectivity index (χ4v) is 4.20. The zero-order valence-electron chi connectivity index (χ0n) is 18.9. The number of aromatic amines is 1. The SMILES string of the molecule is CCCc1nc(C)c2c(=O)[nH]c(-c3cc(NC4(C(=O)OC)CCC4)ccc3OCC)nn12. The average Bonchev–Trinajstić information content (AvgIpc) is 3.07. The number of aryl methyl sites for hydroxylation is 2. The molecule has 0 unspecified atom stereocenters. The molecule has 0 bridgehead atoms. The first-order chi connectivity index (χ1) is 15.4. The molecule has 4 rings (SSSR count). The number of carbonyl (C=O) groups is 1. The van der Waals surface area contributed by atoms with E-state index < -0.39 is 5.54 Å². The fourth-order valence-electron chi connectivity index (χ4n) is 4.20. The van der Waals surface area contributed by atoms with Crippen LogP contribution in [0.25, 0.3) is 16.9 Å². The third kappa shape index (κ3) is 3.72. The van der Waals surface area contributed by atoms with E-state index in [1.807, 2.05) is 32.0 Å². The van der Waals surface area contributed by atoms with E-state index >= 15 is 0 Å². The lowest BCUT2D eigenvalue weighted by molar-refractivity contribution is -0.149. The van der Waals surface area contributed by atoms with Gasteiger partial charge in [0.05, 0.1) is 25.0 Å². The molecular weight excluding hydrogens is 410 g/mol. The van der Waals surface area contributed by atoms with Crippen molar-refractivity contribution in [3.05, 3.63) is 40.1 Å². The van der Waals surface area contributed by atoms with E-state index in [1.165, 1.54) is 7.11 Å². The van der Waals surface area contributed by atoms with E-state index in [1.54, 1.807) is 4.52 Å². The maximum atomic E-state index is 12.9. The lowest BCUT2D eigenvalue weighted by Gasteiger charge is -2.40. The maximum absolute atomic E-state index is 12.9. The quantitative estimate of drug-likeness (QED) is 0.518. The Morgan fingerprint density at radius 3 is 2.72 bits per heavy atom. The molecule has 32 heavy (non-hydrogen) atoms. The van der Waals surface area contributed by atoms with Gasteiger partial charge in [-0.25, -0.2) is 14.3 Å². The smallest absolute Gasteiger partial charge is 0.331 e. The lowest BCUT2D eigenvalue weighted by atomic mass is 9.76. The van der Waals surface area contributed by atoms with Gasteiger partial charge >= 0.3 is 5.97 Å². The zero-order valence-corrected chi connectivity index (χ0v) is 18.9. The van der Waals surface area contributed by atoms with Crippen molar-refractivity contribution in [2.75, 3.05) is 19.0 Å². The number of nitrogens with zero attached hydrogens (tertiary/aromatic N) is 3. The molecule has 1 saturated carbocycles. The number of H-pyrrole nitrogens is 1. The third-order valence-corrected chi connectivity index (χ3v) is 5.92. The molecule has 0 aliphatic heterocycles. The van der Waals surface area contributed by atoms with Gasteiger partial charge in [0.15, 0.2) is 11.3 Å². The predicted octanol–water partition coefficient (Wildman–Crippen LogP) is 3.25. The Balaban J connectivity index is 1.82. The maximum Gasteiger partial charge on any atom is 0.331 e. The number of anilines is 1. The van der Waals surface area contributed by atoms with Crippen LogP contribution in [0.4, 0.5) is 5.69 Å². The minimum Gasteiger partial charge on any atom is -0.493 e. The summed E-state index contributed by atoms with van der Waals surface area (Å²) in [7, 11) is 1.40. The van der Waals surface area contributed by atoms with Crippen molar-refractivity contribution >= 4 is 17.2 Å². The van der Waals surface area contributed by atoms with Crippen LogP contribution in [0.2, 0.25) is 0 Å². The Hall–Kier alpha value is -3.36. The molecule has 1 aromatic carbocycles. The summed E-state index contributed by atoms with van der Waals surface area (Å²) in [6.45, 7) is 6.23. The number of imidazole rings is 1. The Labute approximate surface area is 186 Å². The lowest BCUT2D eigenvalue weighted by Crippen LogP contribution is -2.52. The highest BCUT2D eigenvalue weighted by Crippen LogP contribution is 2.38. The molecule has 2 heterocycles. The first-order valence-electron chi connectivity index (χ1n) is 11.0. The standard InChI is InChI=1S/C23H29N5O4/c1-5-8-18-24-14(3)19-21(29)25-20(27-28(18)19)16-13-15(9-10-17(16)32-6-2)26-23(11-7-12-23)22(30)31-4/h9-10,13,26H,5-8,11-12H2,1-4H3,(H,25,27,29). The number of nitrogens with one attached hydrogen (secondary N) is 2. The Kier molecular flexibility index (Phi) is 5.90. The van der Waals surface area contributed by atoms with E-state index in [2.05, 4.69) is 22.2 Å². The molecule has 1 fully saturated rings. The molecule has 9 heteroatoms. The molecular formula is C23H29N5O4. The zero-order chi connectivity index (χ0) is 22.9. The first-order valence-corrected chi connectivity index (χ1v) is 11.0. The number of hydrogen-bond acceptors (Lipinski definition) is 7. The van der Waals surface area contributed by atoms with Crippen molar-refractivity contribution in [2.24, 2.45) is 0 Å². The second-order valence-corrected chi connectivity index (χ2v) is 8.12. The highest BCUT2D eigenvalue weighted by molar-refractivity contribution is 5.86. The van der Waals surface area contributed by atoms with Crippen LogP contribution in [0.5, 0.6) is 5.75 Å². The van der Waals surface area contributed by atoms with Gasteiger partial charge in [-0.2, -0.15) is 0 Å². The first kappa shape index (κ1) is 21.9. The number of hydrogen-bond donors (Lipinski definition) is 2. The van der Waals surface area contributed by atoms with E-state index in [0.29, 0.717) is 54.2 Å². The van der Waals surface area contributed by atoms with Crippen LogP contribution in [0, 0.1) is 6.92 Å². The van der Waals surface area contributed by atoms with E-state index in [0.717, 1.165) is 24.4 Å². The van der Waals surface area contributed by atoms with Crippen LogP contribution >= 0.6 is 0 Å². The molecule has 0 saturated heterocycles. The topological polar surface area (TPSA) is 111 Å². The van der Waals surface area contributed by atoms with Crippen molar-refractivity contribution in [3.63, 3.8) is 0 Å². The van der Waals surface area contributed by atoms with E-state index in [9.17, 15) is 9.59 Å². The van der Waals surface area contributed by atoms with Crippen molar-refractivity contribution in [2.45, 2.75) is 58.4 Å². The van der Waals surface area contributed by atoms with Gasteiger partial charge in [0, 0.05) is 12.1 Å². The van der Waals surface area contributed by atoms with Gasteiger partial charge in [0.1, 0.15) is 17.1 Å². The summed E-state index contributed by atoms with van der Waals surface area (Å²) in [5, 5.41) is 8.05. The summed E-state index contributed by atoms with van der Waals surface area (Å²) < 4.78 is 12.5. The molecule has 170 valence electrons. The number of benzene rings is 1. The number of methoxy groups -OCH3 is 1. The Bertz CT molecular complexity index is 1210. The van der Waals surface area contributed by atoms with Gasteiger partial charge in [-0.1, -0.05) is 6.92 Å². The monoisotopic (exact) mass is 439 g/mol. The molecule has 1 aliphatic rings. The minimum absolute atomic E-state index is 0.256. The molecule has 0 radical (unpaired) electrons. The summed E-state index contributed by atoms with van der Waals surface area (Å²) in [4.78, 5) is 32.7. The van der Waals surface area contributed by atoms with Crippen molar-refractivity contribution < 1.29 is 14.3 Å². The van der Waals surface area contributed by atoms with Gasteiger partial charge < -0.3 is 19.8 Å². The molecule has 3 aromatic rings. The third-order valence-electron chi connectivity index (χ3n) is 5.92. The number of aromatic nitrogens is 4. The van der Waals surface area contributed by atoms with Gasteiger partial charge in [0.2, 0.25) is 0 Å². The van der Waals surface area contributed by atoms with Crippen molar-refractivity contribution in [1.29, 1.82) is 0 Å². The number of carbonyl (C=O) groups excluding carboxylic acids is 1. The molecule has 9 nitrogen and oxygen atoms in total. The fraction of sp³-hybridized carbons (Fsp3) is 0.478. The van der Waals surface area contributed by atoms with Crippen LogP contribution in [-0.2, 0) is 16.0 Å². The summed E-state index contributed by atoms with van der Waals surface area (Å²) in [6.07, 6.45) is 3.97. The summed E-state index contributed by atoms with van der Waals surface area (Å²) >= 11 is 0. The number of rotatable bonds is 8. The molecule has 2 N–H and O–H groups in total. The second-order valence-electron chi connectivity index (χ2n) is 8.12. The minimum atomic E-state index is -0.723. The number of esters is 1.